The van der Waals surface area contributed by atoms with E-state index in [-0.39, 0.29) is 11.2 Å². The van der Waals surface area contributed by atoms with Gasteiger partial charge in [-0.2, -0.15) is 0 Å². The van der Waals surface area contributed by atoms with Crippen molar-refractivity contribution in [2.24, 2.45) is 0 Å². The van der Waals surface area contributed by atoms with Gasteiger partial charge in [0.1, 0.15) is 10.8 Å². The van der Waals surface area contributed by atoms with Crippen LogP contribution in [0.15, 0.2) is 34.0 Å². The molecule has 130 valence electrons. The lowest BCUT2D eigenvalue weighted by molar-refractivity contribution is -0.115. The number of aryl methyl sites for hydroxylation is 1. The van der Waals surface area contributed by atoms with Crippen molar-refractivity contribution in [2.45, 2.75) is 23.4 Å². The normalized spacial score (nSPS) is 12.0. The Labute approximate surface area is 157 Å². The molecule has 1 amide bonds. The number of nitrogens with one attached hydrogen (secondary N) is 1. The number of thiazole rings is 1. The quantitative estimate of drug-likeness (QED) is 0.637. The first kappa shape index (κ1) is 17.8. The smallest absolute Gasteiger partial charge is 0.239 e. The van der Waals surface area contributed by atoms with Crippen LogP contribution in [-0.4, -0.2) is 33.4 Å². The first-order chi connectivity index (χ1) is 12.0. The third-order valence-electron chi connectivity index (χ3n) is 3.25. The summed E-state index contributed by atoms with van der Waals surface area (Å²) in [5, 5.41) is 13.9. The Morgan fingerprint density at radius 1 is 1.36 bits per heavy atom. The molecule has 2 aromatic heterocycles. The monoisotopic (exact) mass is 392 g/mol. The number of carbonyl (C=O) groups is 1. The number of hydrogen-bond donors (Lipinski definition) is 1. The summed E-state index contributed by atoms with van der Waals surface area (Å²) in [6, 6.07) is 7.66. The zero-order valence-electron chi connectivity index (χ0n) is 13.8. The van der Waals surface area contributed by atoms with Crippen LogP contribution in [0.2, 0.25) is 0 Å². The van der Waals surface area contributed by atoms with Gasteiger partial charge in [-0.25, -0.2) is 4.98 Å². The van der Waals surface area contributed by atoms with Crippen LogP contribution in [0.4, 0.5) is 5.13 Å². The topological polar surface area (TPSA) is 77.0 Å². The number of benzene rings is 1. The lowest BCUT2D eigenvalue weighted by atomic mass is 10.2. The highest BCUT2D eigenvalue weighted by atomic mass is 32.2. The Hall–Kier alpha value is -1.97. The zero-order valence-corrected chi connectivity index (χ0v) is 16.3. The lowest BCUT2D eigenvalue weighted by Crippen LogP contribution is -2.22. The Kier molecular flexibility index (Phi) is 5.67. The van der Waals surface area contributed by atoms with E-state index in [0.29, 0.717) is 5.13 Å². The Morgan fingerprint density at radius 2 is 2.20 bits per heavy atom. The van der Waals surface area contributed by atoms with Gasteiger partial charge in [-0.1, -0.05) is 35.2 Å². The fourth-order valence-corrected chi connectivity index (χ4v) is 4.67. The Morgan fingerprint density at radius 3 is 2.92 bits per heavy atom. The highest BCUT2D eigenvalue weighted by Gasteiger charge is 2.18. The molecular weight excluding hydrogens is 376 g/mol. The van der Waals surface area contributed by atoms with Crippen LogP contribution in [0.5, 0.6) is 5.75 Å². The summed E-state index contributed by atoms with van der Waals surface area (Å²) >= 11 is 4.27. The van der Waals surface area contributed by atoms with E-state index in [1.807, 2.05) is 43.5 Å². The first-order valence-electron chi connectivity index (χ1n) is 7.42. The van der Waals surface area contributed by atoms with Crippen molar-refractivity contribution < 1.29 is 9.53 Å². The molecule has 1 N–H and O–H groups in total. The average molecular weight is 393 g/mol. The number of methoxy groups -OCH3 is 1. The van der Waals surface area contributed by atoms with E-state index in [1.165, 1.54) is 34.4 Å². The maximum Gasteiger partial charge on any atom is 0.239 e. The molecule has 3 rings (SSSR count). The van der Waals surface area contributed by atoms with Gasteiger partial charge in [0.05, 0.1) is 18.1 Å². The summed E-state index contributed by atoms with van der Waals surface area (Å²) in [6.45, 7) is 3.73. The minimum Gasteiger partial charge on any atom is -0.497 e. The van der Waals surface area contributed by atoms with E-state index in [1.54, 1.807) is 7.11 Å². The minimum absolute atomic E-state index is 0.107. The highest BCUT2D eigenvalue weighted by molar-refractivity contribution is 8.02. The van der Waals surface area contributed by atoms with Gasteiger partial charge in [-0.15, -0.1) is 21.5 Å². The van der Waals surface area contributed by atoms with Crippen molar-refractivity contribution in [3.05, 3.63) is 34.7 Å². The van der Waals surface area contributed by atoms with Crippen molar-refractivity contribution in [3.8, 4) is 17.0 Å². The Bertz CT molecular complexity index is 878. The molecule has 0 saturated heterocycles. The predicted molar refractivity (Wildman–Crippen MR) is 103 cm³/mol. The van der Waals surface area contributed by atoms with E-state index < -0.39 is 0 Å². The summed E-state index contributed by atoms with van der Waals surface area (Å²) in [5.41, 5.74) is 1.75. The number of thioether (sulfide) groups is 1. The first-order valence-corrected chi connectivity index (χ1v) is 10.0. The van der Waals surface area contributed by atoms with Crippen molar-refractivity contribution in [2.75, 3.05) is 12.4 Å². The molecule has 1 aromatic carbocycles. The van der Waals surface area contributed by atoms with Crippen LogP contribution in [0.1, 0.15) is 11.9 Å². The molecule has 1 unspecified atom stereocenters. The number of ether oxygens (including phenoxy) is 1. The minimum atomic E-state index is -0.281. The van der Waals surface area contributed by atoms with Gasteiger partial charge in [0.25, 0.3) is 0 Å². The molecule has 0 radical (unpaired) electrons. The number of amides is 1. The Balaban J connectivity index is 1.65. The third-order valence-corrected chi connectivity index (χ3v) is 6.03. The molecule has 6 nitrogen and oxygen atoms in total. The van der Waals surface area contributed by atoms with Gasteiger partial charge in [0.2, 0.25) is 5.91 Å². The van der Waals surface area contributed by atoms with Crippen molar-refractivity contribution in [1.29, 1.82) is 0 Å². The summed E-state index contributed by atoms with van der Waals surface area (Å²) in [7, 11) is 1.63. The second-order valence-electron chi connectivity index (χ2n) is 5.11. The van der Waals surface area contributed by atoms with Crippen LogP contribution in [-0.2, 0) is 4.79 Å². The molecule has 0 saturated carbocycles. The molecule has 0 aliphatic rings. The van der Waals surface area contributed by atoms with E-state index in [4.69, 9.17) is 4.74 Å². The van der Waals surface area contributed by atoms with Crippen LogP contribution in [0.25, 0.3) is 11.3 Å². The molecule has 0 bridgehead atoms. The summed E-state index contributed by atoms with van der Waals surface area (Å²) < 4.78 is 6.02. The molecule has 0 fully saturated rings. The van der Waals surface area contributed by atoms with Gasteiger partial charge in [0.15, 0.2) is 9.47 Å². The van der Waals surface area contributed by atoms with Crippen molar-refractivity contribution >= 4 is 45.5 Å². The predicted octanol–water partition coefficient (Wildman–Crippen LogP) is 4.10. The fraction of sp³-hybridized carbons (Fsp3) is 0.250. The number of anilines is 1. The van der Waals surface area contributed by atoms with Gasteiger partial charge in [-0.3, -0.25) is 4.79 Å². The highest BCUT2D eigenvalue weighted by Crippen LogP contribution is 2.29. The lowest BCUT2D eigenvalue weighted by Gasteiger charge is -2.07. The molecule has 2 heterocycles. The second kappa shape index (κ2) is 7.94. The van der Waals surface area contributed by atoms with Gasteiger partial charge in [0, 0.05) is 10.9 Å². The fourth-order valence-electron chi connectivity index (χ4n) is 1.98. The summed E-state index contributed by atoms with van der Waals surface area (Å²) in [5.74, 6) is 0.665. The molecule has 0 aliphatic carbocycles. The zero-order chi connectivity index (χ0) is 17.8. The van der Waals surface area contributed by atoms with Crippen LogP contribution in [0, 0.1) is 6.92 Å². The van der Waals surface area contributed by atoms with Gasteiger partial charge >= 0.3 is 0 Å². The number of carbonyl (C=O) groups excluding carboxylic acids is 1. The molecule has 9 heteroatoms. The van der Waals surface area contributed by atoms with Crippen LogP contribution < -0.4 is 10.1 Å². The molecule has 25 heavy (non-hydrogen) atoms. The standard InChI is InChI=1S/C16H16N4O2S3/c1-9(24-16-20-19-10(2)25-16)14(21)18-15-17-13(8-23-15)11-5-4-6-12(7-11)22-3/h4-9H,1-3H3,(H,17,18,21). The molecule has 1 atom stereocenters. The number of aromatic nitrogens is 3. The van der Waals surface area contributed by atoms with Gasteiger partial charge < -0.3 is 10.1 Å². The van der Waals surface area contributed by atoms with E-state index >= 15 is 0 Å². The molecule has 0 spiro atoms. The van der Waals surface area contributed by atoms with E-state index in [9.17, 15) is 4.79 Å². The second-order valence-corrected chi connectivity index (χ2v) is 8.73. The van der Waals surface area contributed by atoms with Gasteiger partial charge in [-0.05, 0) is 26.0 Å². The van der Waals surface area contributed by atoms with Crippen molar-refractivity contribution in [3.63, 3.8) is 0 Å². The van der Waals surface area contributed by atoms with E-state index in [0.717, 1.165) is 26.4 Å². The average Bonchev–Trinajstić information content (AvgIpc) is 3.24. The van der Waals surface area contributed by atoms with Crippen LogP contribution in [0.3, 0.4) is 0 Å². The summed E-state index contributed by atoms with van der Waals surface area (Å²) in [6.07, 6.45) is 0. The largest absolute Gasteiger partial charge is 0.497 e. The van der Waals surface area contributed by atoms with Crippen molar-refractivity contribution in [1.82, 2.24) is 15.2 Å². The number of nitrogens with zero attached hydrogens (tertiary/aromatic N) is 3. The number of rotatable bonds is 6. The molecule has 0 aliphatic heterocycles. The molecular formula is C16H16N4O2S3. The maximum atomic E-state index is 12.3. The SMILES string of the molecule is COc1cccc(-c2csc(NC(=O)C(C)Sc3nnc(C)s3)n2)c1. The molecule has 3 aromatic rings. The number of hydrogen-bond acceptors (Lipinski definition) is 8. The summed E-state index contributed by atoms with van der Waals surface area (Å²) in [4.78, 5) is 16.8. The van der Waals surface area contributed by atoms with E-state index in [2.05, 4.69) is 20.5 Å². The van der Waals surface area contributed by atoms with Crippen LogP contribution >= 0.6 is 34.4 Å². The third kappa shape index (κ3) is 4.56. The maximum absolute atomic E-state index is 12.3.